The average Bonchev–Trinajstić information content (AvgIpc) is 2.95. The van der Waals surface area contributed by atoms with E-state index in [2.05, 4.69) is 5.10 Å². The largest absolute Gasteiger partial charge is 0.476 e. The number of nitrogen functional groups attached to an aromatic ring is 1. The van der Waals surface area contributed by atoms with Gasteiger partial charge in [-0.2, -0.15) is 5.10 Å². The molecule has 1 aliphatic heterocycles. The minimum atomic E-state index is -1.19. The monoisotopic (exact) mass is 252 g/mol. The molecular weight excluding hydrogens is 236 g/mol. The van der Waals surface area contributed by atoms with E-state index in [9.17, 15) is 9.59 Å². The van der Waals surface area contributed by atoms with Crippen molar-refractivity contribution >= 4 is 17.6 Å². The number of carbonyl (C=O) groups excluding carboxylic acids is 1. The van der Waals surface area contributed by atoms with Crippen molar-refractivity contribution in [3.63, 3.8) is 0 Å². The quantitative estimate of drug-likeness (QED) is 0.808. The molecule has 0 radical (unpaired) electrons. The van der Waals surface area contributed by atoms with E-state index >= 15 is 0 Å². The van der Waals surface area contributed by atoms with E-state index in [1.54, 1.807) is 11.8 Å². The number of anilines is 1. The second-order valence-electron chi connectivity index (χ2n) is 4.43. The zero-order valence-corrected chi connectivity index (χ0v) is 10.2. The zero-order chi connectivity index (χ0) is 13.3. The van der Waals surface area contributed by atoms with Crippen molar-refractivity contribution in [1.82, 2.24) is 14.7 Å². The minimum Gasteiger partial charge on any atom is -0.476 e. The smallest absolute Gasteiger partial charge is 0.358 e. The first-order valence-electron chi connectivity index (χ1n) is 5.87. The predicted molar refractivity (Wildman–Crippen MR) is 64.1 cm³/mol. The first-order chi connectivity index (χ1) is 8.50. The normalized spacial score (nSPS) is 16.8. The molecule has 0 spiro atoms. The SMILES string of the molecule is CC(C(=O)N1CCCC1)n1cc(N)c(C(=O)O)n1. The van der Waals surface area contributed by atoms with E-state index in [0.717, 1.165) is 25.9 Å². The van der Waals surface area contributed by atoms with E-state index in [-0.39, 0.29) is 17.3 Å². The maximum Gasteiger partial charge on any atom is 0.358 e. The molecule has 0 bridgehead atoms. The summed E-state index contributed by atoms with van der Waals surface area (Å²) in [5.74, 6) is -1.24. The third-order valence-electron chi connectivity index (χ3n) is 3.13. The highest BCUT2D eigenvalue weighted by molar-refractivity contribution is 5.91. The van der Waals surface area contributed by atoms with E-state index < -0.39 is 12.0 Å². The van der Waals surface area contributed by atoms with Gasteiger partial charge < -0.3 is 15.7 Å². The number of amides is 1. The molecule has 1 aromatic heterocycles. The van der Waals surface area contributed by atoms with Crippen LogP contribution in [0.4, 0.5) is 5.69 Å². The van der Waals surface area contributed by atoms with Crippen molar-refractivity contribution in [3.8, 4) is 0 Å². The Labute approximate surface area is 104 Å². The standard InChI is InChI=1S/C11H16N4O3/c1-7(10(16)14-4-2-3-5-14)15-6-8(12)9(13-15)11(17)18/h6-7H,2-5,12H2,1H3,(H,17,18). The maximum absolute atomic E-state index is 12.1. The molecule has 0 aliphatic carbocycles. The van der Waals surface area contributed by atoms with Gasteiger partial charge in [0.15, 0.2) is 5.69 Å². The summed E-state index contributed by atoms with van der Waals surface area (Å²) in [6.45, 7) is 3.20. The fourth-order valence-electron chi connectivity index (χ4n) is 2.09. The van der Waals surface area contributed by atoms with Crippen LogP contribution < -0.4 is 5.73 Å². The van der Waals surface area contributed by atoms with Gasteiger partial charge in [0, 0.05) is 19.3 Å². The topological polar surface area (TPSA) is 101 Å². The fourth-order valence-corrected chi connectivity index (χ4v) is 2.09. The van der Waals surface area contributed by atoms with Gasteiger partial charge in [-0.3, -0.25) is 9.48 Å². The summed E-state index contributed by atoms with van der Waals surface area (Å²) in [5.41, 5.74) is 5.41. The number of nitrogens with two attached hydrogens (primary N) is 1. The Morgan fingerprint density at radius 3 is 2.56 bits per heavy atom. The van der Waals surface area contributed by atoms with Crippen molar-refractivity contribution in [2.75, 3.05) is 18.8 Å². The van der Waals surface area contributed by atoms with E-state index in [1.807, 2.05) is 0 Å². The molecule has 7 heteroatoms. The lowest BCUT2D eigenvalue weighted by atomic mass is 10.3. The number of hydrogen-bond acceptors (Lipinski definition) is 4. The number of carboxylic acids is 1. The van der Waals surface area contributed by atoms with Crippen LogP contribution in [0.5, 0.6) is 0 Å². The summed E-state index contributed by atoms with van der Waals surface area (Å²) in [7, 11) is 0. The molecule has 7 nitrogen and oxygen atoms in total. The van der Waals surface area contributed by atoms with Gasteiger partial charge in [0.25, 0.3) is 0 Å². The summed E-state index contributed by atoms with van der Waals surface area (Å²) < 4.78 is 1.32. The molecule has 18 heavy (non-hydrogen) atoms. The van der Waals surface area contributed by atoms with Crippen molar-refractivity contribution in [1.29, 1.82) is 0 Å². The number of hydrogen-bond donors (Lipinski definition) is 2. The third kappa shape index (κ3) is 2.15. The third-order valence-corrected chi connectivity index (χ3v) is 3.13. The summed E-state index contributed by atoms with van der Waals surface area (Å²) >= 11 is 0. The van der Waals surface area contributed by atoms with Crippen LogP contribution in [0.1, 0.15) is 36.3 Å². The Hall–Kier alpha value is -2.05. The molecule has 1 amide bonds. The zero-order valence-electron chi connectivity index (χ0n) is 10.2. The lowest BCUT2D eigenvalue weighted by molar-refractivity contribution is -0.133. The molecule has 1 aromatic rings. The first-order valence-corrected chi connectivity index (χ1v) is 5.87. The maximum atomic E-state index is 12.1. The van der Waals surface area contributed by atoms with Crippen molar-refractivity contribution in [3.05, 3.63) is 11.9 Å². The Kier molecular flexibility index (Phi) is 3.22. The molecule has 2 heterocycles. The van der Waals surface area contributed by atoms with Gasteiger partial charge >= 0.3 is 5.97 Å². The highest BCUT2D eigenvalue weighted by atomic mass is 16.4. The van der Waals surface area contributed by atoms with E-state index in [0.29, 0.717) is 0 Å². The highest BCUT2D eigenvalue weighted by Crippen LogP contribution is 2.18. The number of aromatic nitrogens is 2. The van der Waals surface area contributed by atoms with Gasteiger partial charge in [0.2, 0.25) is 5.91 Å². The summed E-state index contributed by atoms with van der Waals surface area (Å²) in [4.78, 5) is 24.7. The summed E-state index contributed by atoms with van der Waals surface area (Å²) in [6, 6.07) is -0.529. The Balaban J connectivity index is 2.17. The van der Waals surface area contributed by atoms with Crippen molar-refractivity contribution < 1.29 is 14.7 Å². The van der Waals surface area contributed by atoms with Crippen LogP contribution in [0, 0.1) is 0 Å². The van der Waals surface area contributed by atoms with Crippen LogP contribution in [0.2, 0.25) is 0 Å². The van der Waals surface area contributed by atoms with Crippen LogP contribution in [0.25, 0.3) is 0 Å². The molecule has 1 fully saturated rings. The van der Waals surface area contributed by atoms with Gasteiger partial charge in [0.05, 0.1) is 5.69 Å². The molecule has 2 rings (SSSR count). The van der Waals surface area contributed by atoms with Crippen LogP contribution in [-0.4, -0.2) is 44.8 Å². The summed E-state index contributed by atoms with van der Waals surface area (Å²) in [6.07, 6.45) is 3.42. The number of aromatic carboxylic acids is 1. The number of carbonyl (C=O) groups is 2. The Bertz CT molecular complexity index is 477. The minimum absolute atomic E-state index is 0.0491. The van der Waals surface area contributed by atoms with Gasteiger partial charge in [0.1, 0.15) is 6.04 Å². The van der Waals surface area contributed by atoms with Gasteiger partial charge in [-0.1, -0.05) is 0 Å². The second kappa shape index (κ2) is 4.67. The van der Waals surface area contributed by atoms with Crippen LogP contribution in [-0.2, 0) is 4.79 Å². The molecule has 1 saturated heterocycles. The Morgan fingerprint density at radius 2 is 2.06 bits per heavy atom. The van der Waals surface area contributed by atoms with Crippen LogP contribution in [0.3, 0.4) is 0 Å². The average molecular weight is 252 g/mol. The molecule has 0 aromatic carbocycles. The molecule has 1 unspecified atom stereocenters. The Morgan fingerprint density at radius 1 is 1.44 bits per heavy atom. The first kappa shape index (κ1) is 12.4. The van der Waals surface area contributed by atoms with Gasteiger partial charge in [-0.15, -0.1) is 0 Å². The molecule has 1 atom stereocenters. The molecule has 1 aliphatic rings. The predicted octanol–water partition coefficient (Wildman–Crippen LogP) is 0.347. The number of rotatable bonds is 3. The molecular formula is C11H16N4O3. The lowest BCUT2D eigenvalue weighted by Crippen LogP contribution is -2.34. The van der Waals surface area contributed by atoms with Crippen molar-refractivity contribution in [2.45, 2.75) is 25.8 Å². The van der Waals surface area contributed by atoms with Crippen molar-refractivity contribution in [2.24, 2.45) is 0 Å². The highest BCUT2D eigenvalue weighted by Gasteiger charge is 2.26. The number of likely N-dealkylation sites (tertiary alicyclic amines) is 1. The molecule has 98 valence electrons. The number of nitrogens with zero attached hydrogens (tertiary/aromatic N) is 3. The molecule has 3 N–H and O–H groups in total. The van der Waals surface area contributed by atoms with Crippen LogP contribution in [0.15, 0.2) is 6.20 Å². The lowest BCUT2D eigenvalue weighted by Gasteiger charge is -2.20. The fraction of sp³-hybridized carbons (Fsp3) is 0.545. The molecule has 0 saturated carbocycles. The number of carboxylic acid groups (broad SMARTS) is 1. The van der Waals surface area contributed by atoms with E-state index in [4.69, 9.17) is 10.8 Å². The summed E-state index contributed by atoms with van der Waals surface area (Å²) in [5, 5.41) is 12.7. The van der Waals surface area contributed by atoms with E-state index in [1.165, 1.54) is 10.9 Å². The van der Waals surface area contributed by atoms with Gasteiger partial charge in [-0.25, -0.2) is 4.79 Å². The van der Waals surface area contributed by atoms with Crippen LogP contribution >= 0.6 is 0 Å². The second-order valence-corrected chi connectivity index (χ2v) is 4.43. The van der Waals surface area contributed by atoms with Gasteiger partial charge in [-0.05, 0) is 19.8 Å².